The summed E-state index contributed by atoms with van der Waals surface area (Å²) >= 11 is 0. The third kappa shape index (κ3) is 4.77. The zero-order chi connectivity index (χ0) is 15.6. The molecule has 0 spiro atoms. The molecule has 0 aliphatic rings. The van der Waals surface area contributed by atoms with Crippen LogP contribution in [0.1, 0.15) is 57.4 Å². The minimum Gasteiger partial charge on any atom is -0.493 e. The van der Waals surface area contributed by atoms with Crippen molar-refractivity contribution < 1.29 is 4.74 Å². The van der Waals surface area contributed by atoms with E-state index in [1.165, 1.54) is 49.5 Å². The second-order valence-electron chi connectivity index (χ2n) is 6.00. The number of aromatic nitrogens is 1. The molecule has 1 aromatic carbocycles. The first-order valence-corrected chi connectivity index (χ1v) is 8.78. The van der Waals surface area contributed by atoms with Gasteiger partial charge in [0.25, 0.3) is 0 Å². The monoisotopic (exact) mass is 302 g/mol. The highest BCUT2D eigenvalue weighted by molar-refractivity contribution is 5.89. The van der Waals surface area contributed by atoms with E-state index in [1.807, 2.05) is 6.07 Å². The number of fused-ring (bicyclic) bond motifs is 1. The van der Waals surface area contributed by atoms with E-state index in [-0.39, 0.29) is 0 Å². The molecule has 3 heteroatoms. The number of unbranched alkanes of at least 4 members (excludes halogenated alkanes) is 6. The SMILES string of the molecule is CCCCCCCCCOc1cccc2[nH]cc(CCN)c12. The number of ether oxygens (including phenoxy) is 1. The molecule has 0 saturated carbocycles. The summed E-state index contributed by atoms with van der Waals surface area (Å²) in [6, 6.07) is 6.21. The molecule has 122 valence electrons. The molecular weight excluding hydrogens is 272 g/mol. The van der Waals surface area contributed by atoms with E-state index in [0.717, 1.165) is 30.7 Å². The van der Waals surface area contributed by atoms with E-state index in [2.05, 4.69) is 30.2 Å². The lowest BCUT2D eigenvalue weighted by molar-refractivity contribution is 0.307. The predicted octanol–water partition coefficient (Wildman–Crippen LogP) is 4.80. The van der Waals surface area contributed by atoms with Gasteiger partial charge < -0.3 is 15.5 Å². The molecular formula is C19H30N2O. The van der Waals surface area contributed by atoms with Gasteiger partial charge in [-0.05, 0) is 37.1 Å². The molecule has 0 unspecified atom stereocenters. The molecule has 2 aromatic rings. The largest absolute Gasteiger partial charge is 0.493 e. The summed E-state index contributed by atoms with van der Waals surface area (Å²) in [7, 11) is 0. The lowest BCUT2D eigenvalue weighted by Gasteiger charge is -2.09. The van der Waals surface area contributed by atoms with Gasteiger partial charge in [-0.25, -0.2) is 0 Å². The summed E-state index contributed by atoms with van der Waals surface area (Å²) in [4.78, 5) is 3.31. The van der Waals surface area contributed by atoms with E-state index < -0.39 is 0 Å². The van der Waals surface area contributed by atoms with Crippen LogP contribution in [0.15, 0.2) is 24.4 Å². The van der Waals surface area contributed by atoms with Crippen LogP contribution < -0.4 is 10.5 Å². The summed E-state index contributed by atoms with van der Waals surface area (Å²) in [5.41, 5.74) is 8.09. The van der Waals surface area contributed by atoms with Crippen LogP contribution in [0, 0.1) is 0 Å². The fraction of sp³-hybridized carbons (Fsp3) is 0.579. The Bertz CT molecular complexity index is 547. The molecule has 0 aliphatic heterocycles. The Balaban J connectivity index is 1.80. The molecule has 2 rings (SSSR count). The van der Waals surface area contributed by atoms with Gasteiger partial charge in [0.2, 0.25) is 0 Å². The third-order valence-corrected chi connectivity index (χ3v) is 4.17. The number of nitrogens with two attached hydrogens (primary N) is 1. The molecule has 0 fully saturated rings. The third-order valence-electron chi connectivity index (χ3n) is 4.17. The quantitative estimate of drug-likeness (QED) is 0.586. The fourth-order valence-electron chi connectivity index (χ4n) is 2.93. The van der Waals surface area contributed by atoms with Gasteiger partial charge in [0.05, 0.1) is 6.61 Å². The number of hydrogen-bond donors (Lipinski definition) is 2. The average Bonchev–Trinajstić information content (AvgIpc) is 2.94. The van der Waals surface area contributed by atoms with Crippen LogP contribution in [0.2, 0.25) is 0 Å². The smallest absolute Gasteiger partial charge is 0.128 e. The van der Waals surface area contributed by atoms with Gasteiger partial charge in [-0.3, -0.25) is 0 Å². The highest BCUT2D eigenvalue weighted by Gasteiger charge is 2.08. The number of nitrogens with one attached hydrogen (secondary N) is 1. The molecule has 0 atom stereocenters. The number of hydrogen-bond acceptors (Lipinski definition) is 2. The van der Waals surface area contributed by atoms with E-state index in [1.54, 1.807) is 0 Å². The van der Waals surface area contributed by atoms with Crippen molar-refractivity contribution in [3.63, 3.8) is 0 Å². The zero-order valence-corrected chi connectivity index (χ0v) is 13.9. The van der Waals surface area contributed by atoms with Crippen molar-refractivity contribution in [1.82, 2.24) is 4.98 Å². The summed E-state index contributed by atoms with van der Waals surface area (Å²) in [5.74, 6) is 0.994. The fourth-order valence-corrected chi connectivity index (χ4v) is 2.93. The number of aromatic amines is 1. The molecule has 1 heterocycles. The molecule has 3 N–H and O–H groups in total. The highest BCUT2D eigenvalue weighted by Crippen LogP contribution is 2.29. The van der Waals surface area contributed by atoms with Crippen LogP contribution in [-0.4, -0.2) is 18.1 Å². The van der Waals surface area contributed by atoms with E-state index >= 15 is 0 Å². The first-order valence-electron chi connectivity index (χ1n) is 8.78. The second-order valence-corrected chi connectivity index (χ2v) is 6.00. The minimum absolute atomic E-state index is 0.666. The maximum absolute atomic E-state index is 6.03. The summed E-state index contributed by atoms with van der Waals surface area (Å²) in [6.07, 6.45) is 12.1. The normalized spacial score (nSPS) is 11.2. The molecule has 3 nitrogen and oxygen atoms in total. The van der Waals surface area contributed by atoms with Crippen molar-refractivity contribution in [2.24, 2.45) is 5.73 Å². The van der Waals surface area contributed by atoms with E-state index in [4.69, 9.17) is 10.5 Å². The van der Waals surface area contributed by atoms with Crippen molar-refractivity contribution in [2.45, 2.75) is 58.3 Å². The molecule has 0 bridgehead atoms. The number of rotatable bonds is 11. The molecule has 0 radical (unpaired) electrons. The summed E-state index contributed by atoms with van der Waals surface area (Å²) < 4.78 is 6.03. The predicted molar refractivity (Wildman–Crippen MR) is 94.5 cm³/mol. The Morgan fingerprint density at radius 1 is 1.05 bits per heavy atom. The Labute approximate surface area is 134 Å². The maximum Gasteiger partial charge on any atom is 0.128 e. The van der Waals surface area contributed by atoms with Gasteiger partial charge >= 0.3 is 0 Å². The molecule has 0 aliphatic carbocycles. The first kappa shape index (κ1) is 16.9. The van der Waals surface area contributed by atoms with E-state index in [0.29, 0.717) is 6.54 Å². The Hall–Kier alpha value is -1.48. The lowest BCUT2D eigenvalue weighted by Crippen LogP contribution is -2.03. The molecule has 0 amide bonds. The van der Waals surface area contributed by atoms with Gasteiger partial charge in [-0.1, -0.05) is 51.5 Å². The Morgan fingerprint density at radius 2 is 1.82 bits per heavy atom. The molecule has 1 aromatic heterocycles. The van der Waals surface area contributed by atoms with Crippen LogP contribution in [-0.2, 0) is 6.42 Å². The number of benzene rings is 1. The zero-order valence-electron chi connectivity index (χ0n) is 13.9. The lowest BCUT2D eigenvalue weighted by atomic mass is 10.1. The second kappa shape index (κ2) is 9.52. The van der Waals surface area contributed by atoms with Crippen molar-refractivity contribution in [3.8, 4) is 5.75 Å². The van der Waals surface area contributed by atoms with Crippen molar-refractivity contribution in [2.75, 3.05) is 13.2 Å². The number of H-pyrrole nitrogens is 1. The standard InChI is InChI=1S/C19H30N2O/c1-2-3-4-5-6-7-8-14-22-18-11-9-10-17-19(18)16(12-13-20)15-21-17/h9-11,15,21H,2-8,12-14,20H2,1H3. The van der Waals surface area contributed by atoms with Gasteiger partial charge in [-0.2, -0.15) is 0 Å². The van der Waals surface area contributed by atoms with Crippen LogP contribution in [0.4, 0.5) is 0 Å². The Morgan fingerprint density at radius 3 is 2.59 bits per heavy atom. The summed E-state index contributed by atoms with van der Waals surface area (Å²) in [6.45, 7) is 3.73. The van der Waals surface area contributed by atoms with Gasteiger partial charge in [-0.15, -0.1) is 0 Å². The maximum atomic E-state index is 6.03. The van der Waals surface area contributed by atoms with E-state index in [9.17, 15) is 0 Å². The average molecular weight is 302 g/mol. The topological polar surface area (TPSA) is 51.0 Å². The van der Waals surface area contributed by atoms with Gasteiger partial charge in [0.15, 0.2) is 0 Å². The van der Waals surface area contributed by atoms with Gasteiger partial charge in [0, 0.05) is 17.1 Å². The van der Waals surface area contributed by atoms with Crippen molar-refractivity contribution in [3.05, 3.63) is 30.0 Å². The van der Waals surface area contributed by atoms with Crippen LogP contribution in [0.25, 0.3) is 10.9 Å². The minimum atomic E-state index is 0.666. The highest BCUT2D eigenvalue weighted by atomic mass is 16.5. The Kier molecular flexibility index (Phi) is 7.31. The van der Waals surface area contributed by atoms with Crippen molar-refractivity contribution >= 4 is 10.9 Å². The molecule has 22 heavy (non-hydrogen) atoms. The van der Waals surface area contributed by atoms with Gasteiger partial charge in [0.1, 0.15) is 5.75 Å². The molecule has 0 saturated heterocycles. The van der Waals surface area contributed by atoms with Crippen LogP contribution in [0.5, 0.6) is 5.75 Å². The first-order chi connectivity index (χ1) is 10.9. The van der Waals surface area contributed by atoms with Crippen LogP contribution in [0.3, 0.4) is 0 Å². The van der Waals surface area contributed by atoms with Crippen LogP contribution >= 0.6 is 0 Å². The summed E-state index contributed by atoms with van der Waals surface area (Å²) in [5, 5.41) is 1.20. The van der Waals surface area contributed by atoms with Crippen molar-refractivity contribution in [1.29, 1.82) is 0 Å².